The van der Waals surface area contributed by atoms with Gasteiger partial charge in [-0.2, -0.15) is 0 Å². The highest BCUT2D eigenvalue weighted by Crippen LogP contribution is 2.31. The van der Waals surface area contributed by atoms with E-state index in [0.29, 0.717) is 5.92 Å². The first kappa shape index (κ1) is 9.66. The predicted molar refractivity (Wildman–Crippen MR) is 64.3 cm³/mol. The molecule has 0 spiro atoms. The summed E-state index contributed by atoms with van der Waals surface area (Å²) in [7, 11) is 2.06. The molecule has 1 heterocycles. The summed E-state index contributed by atoms with van der Waals surface area (Å²) in [6.07, 6.45) is 2.07. The molecule has 1 aromatic carbocycles. The molecule has 14 heavy (non-hydrogen) atoms. The van der Waals surface area contributed by atoms with E-state index in [1.54, 1.807) is 0 Å². The van der Waals surface area contributed by atoms with Crippen LogP contribution >= 0.6 is 12.6 Å². The highest BCUT2D eigenvalue weighted by molar-refractivity contribution is 7.80. The van der Waals surface area contributed by atoms with Crippen LogP contribution in [0.15, 0.2) is 29.3 Å². The van der Waals surface area contributed by atoms with E-state index in [2.05, 4.69) is 62.5 Å². The van der Waals surface area contributed by atoms with Gasteiger partial charge in [-0.1, -0.05) is 26.0 Å². The lowest BCUT2D eigenvalue weighted by Crippen LogP contribution is -1.89. The normalized spacial score (nSPS) is 11.5. The van der Waals surface area contributed by atoms with E-state index in [9.17, 15) is 0 Å². The minimum absolute atomic E-state index is 0.548. The van der Waals surface area contributed by atoms with Gasteiger partial charge in [-0.15, -0.1) is 12.6 Å². The number of aryl methyl sites for hydroxylation is 1. The molecular formula is C12H15NS. The minimum atomic E-state index is 0.548. The zero-order valence-electron chi connectivity index (χ0n) is 8.78. The molecule has 74 valence electrons. The Morgan fingerprint density at radius 3 is 2.64 bits per heavy atom. The fourth-order valence-corrected chi connectivity index (χ4v) is 2.35. The van der Waals surface area contributed by atoms with Crippen LogP contribution in [0.1, 0.15) is 25.3 Å². The van der Waals surface area contributed by atoms with Gasteiger partial charge in [0, 0.05) is 29.0 Å². The lowest BCUT2D eigenvalue weighted by Gasteiger charge is -2.07. The van der Waals surface area contributed by atoms with E-state index in [1.165, 1.54) is 16.5 Å². The SMILES string of the molecule is CC(C)c1cccc2c1c(S)cn2C. The van der Waals surface area contributed by atoms with Gasteiger partial charge in [-0.3, -0.25) is 0 Å². The molecule has 0 atom stereocenters. The minimum Gasteiger partial charge on any atom is -0.349 e. The molecule has 1 nitrogen and oxygen atoms in total. The molecule has 1 aromatic heterocycles. The highest BCUT2D eigenvalue weighted by Gasteiger charge is 2.10. The van der Waals surface area contributed by atoms with Crippen molar-refractivity contribution in [1.29, 1.82) is 0 Å². The summed E-state index contributed by atoms with van der Waals surface area (Å²) in [6.45, 7) is 4.43. The van der Waals surface area contributed by atoms with Crippen molar-refractivity contribution in [2.75, 3.05) is 0 Å². The van der Waals surface area contributed by atoms with Crippen molar-refractivity contribution in [2.45, 2.75) is 24.7 Å². The van der Waals surface area contributed by atoms with Gasteiger partial charge in [0.15, 0.2) is 0 Å². The molecule has 0 saturated heterocycles. The number of aromatic nitrogens is 1. The fraction of sp³-hybridized carbons (Fsp3) is 0.333. The van der Waals surface area contributed by atoms with Gasteiger partial charge in [0.05, 0.1) is 0 Å². The Morgan fingerprint density at radius 1 is 1.29 bits per heavy atom. The van der Waals surface area contributed by atoms with E-state index in [-0.39, 0.29) is 0 Å². The molecule has 0 N–H and O–H groups in total. The Morgan fingerprint density at radius 2 is 2.00 bits per heavy atom. The number of thiol groups is 1. The molecule has 0 bridgehead atoms. The van der Waals surface area contributed by atoms with Crippen LogP contribution in [-0.4, -0.2) is 4.57 Å². The Hall–Kier alpha value is -0.890. The van der Waals surface area contributed by atoms with Crippen molar-refractivity contribution < 1.29 is 0 Å². The standard InChI is InChI=1S/C12H15NS/c1-8(2)9-5-4-6-10-12(9)11(14)7-13(10)3/h4-8,14H,1-3H3. The third-order valence-electron chi connectivity index (χ3n) is 2.65. The van der Waals surface area contributed by atoms with Crippen molar-refractivity contribution >= 4 is 23.5 Å². The second-order valence-electron chi connectivity index (χ2n) is 4.02. The van der Waals surface area contributed by atoms with Crippen molar-refractivity contribution in [3.8, 4) is 0 Å². The van der Waals surface area contributed by atoms with Crippen LogP contribution in [0.3, 0.4) is 0 Å². The van der Waals surface area contributed by atoms with Crippen molar-refractivity contribution in [3.05, 3.63) is 30.0 Å². The van der Waals surface area contributed by atoms with E-state index in [1.807, 2.05) is 0 Å². The number of hydrogen-bond acceptors (Lipinski definition) is 1. The van der Waals surface area contributed by atoms with Gasteiger partial charge in [0.1, 0.15) is 0 Å². The van der Waals surface area contributed by atoms with Crippen LogP contribution in [-0.2, 0) is 7.05 Å². The summed E-state index contributed by atoms with van der Waals surface area (Å²) in [5, 5.41) is 1.30. The summed E-state index contributed by atoms with van der Waals surface area (Å²) < 4.78 is 2.13. The maximum atomic E-state index is 4.51. The number of fused-ring (bicyclic) bond motifs is 1. The number of nitrogens with zero attached hydrogens (tertiary/aromatic N) is 1. The second-order valence-corrected chi connectivity index (χ2v) is 4.50. The smallest absolute Gasteiger partial charge is 0.0492 e. The van der Waals surface area contributed by atoms with Gasteiger partial charge in [0.2, 0.25) is 0 Å². The number of hydrogen-bond donors (Lipinski definition) is 1. The summed E-state index contributed by atoms with van der Waals surface area (Å²) >= 11 is 4.51. The molecule has 0 fully saturated rings. The van der Waals surface area contributed by atoms with E-state index < -0.39 is 0 Å². The molecule has 0 aliphatic heterocycles. The average molecular weight is 205 g/mol. The molecule has 0 radical (unpaired) electrons. The predicted octanol–water partition coefficient (Wildman–Crippen LogP) is 3.59. The van der Waals surface area contributed by atoms with E-state index >= 15 is 0 Å². The van der Waals surface area contributed by atoms with Crippen LogP contribution in [0.5, 0.6) is 0 Å². The van der Waals surface area contributed by atoms with Crippen LogP contribution in [0.25, 0.3) is 10.9 Å². The molecular weight excluding hydrogens is 190 g/mol. The van der Waals surface area contributed by atoms with Crippen LogP contribution in [0, 0.1) is 0 Å². The largest absolute Gasteiger partial charge is 0.349 e. The third-order valence-corrected chi connectivity index (χ3v) is 2.99. The Balaban J connectivity index is 2.85. The molecule has 0 unspecified atom stereocenters. The maximum absolute atomic E-state index is 4.51. The first-order chi connectivity index (χ1) is 6.61. The van der Waals surface area contributed by atoms with Crippen LogP contribution < -0.4 is 0 Å². The molecule has 0 aliphatic carbocycles. The highest BCUT2D eigenvalue weighted by atomic mass is 32.1. The van der Waals surface area contributed by atoms with E-state index in [4.69, 9.17) is 0 Å². The fourth-order valence-electron chi connectivity index (χ4n) is 1.93. The third kappa shape index (κ3) is 1.34. The summed E-state index contributed by atoms with van der Waals surface area (Å²) in [5.74, 6) is 0.548. The van der Waals surface area contributed by atoms with Crippen molar-refractivity contribution in [2.24, 2.45) is 7.05 Å². The first-order valence-electron chi connectivity index (χ1n) is 4.88. The molecule has 0 aliphatic rings. The number of benzene rings is 1. The van der Waals surface area contributed by atoms with E-state index in [0.717, 1.165) is 4.90 Å². The molecule has 2 rings (SSSR count). The molecule has 0 saturated carbocycles. The Labute approximate surface area is 90.1 Å². The first-order valence-corrected chi connectivity index (χ1v) is 5.33. The quantitative estimate of drug-likeness (QED) is 0.679. The van der Waals surface area contributed by atoms with Crippen LogP contribution in [0.4, 0.5) is 0 Å². The lowest BCUT2D eigenvalue weighted by atomic mass is 9.99. The second kappa shape index (κ2) is 3.35. The zero-order valence-corrected chi connectivity index (χ0v) is 9.68. The van der Waals surface area contributed by atoms with Gasteiger partial charge in [-0.25, -0.2) is 0 Å². The zero-order chi connectivity index (χ0) is 10.3. The topological polar surface area (TPSA) is 4.93 Å². The molecule has 2 aromatic rings. The Kier molecular flexibility index (Phi) is 2.31. The monoisotopic (exact) mass is 205 g/mol. The summed E-state index contributed by atoms with van der Waals surface area (Å²) in [4.78, 5) is 1.08. The lowest BCUT2D eigenvalue weighted by molar-refractivity contribution is 0.875. The molecule has 0 amide bonds. The average Bonchev–Trinajstić information content (AvgIpc) is 2.43. The number of rotatable bonds is 1. The van der Waals surface area contributed by atoms with Gasteiger partial charge < -0.3 is 4.57 Å². The Bertz CT molecular complexity index is 468. The van der Waals surface area contributed by atoms with Gasteiger partial charge in [0.25, 0.3) is 0 Å². The van der Waals surface area contributed by atoms with Crippen molar-refractivity contribution in [1.82, 2.24) is 4.57 Å². The van der Waals surface area contributed by atoms with Gasteiger partial charge >= 0.3 is 0 Å². The maximum Gasteiger partial charge on any atom is 0.0492 e. The summed E-state index contributed by atoms with van der Waals surface area (Å²) in [6, 6.07) is 6.44. The summed E-state index contributed by atoms with van der Waals surface area (Å²) in [5.41, 5.74) is 2.65. The van der Waals surface area contributed by atoms with Gasteiger partial charge in [-0.05, 0) is 17.5 Å². The van der Waals surface area contributed by atoms with Crippen LogP contribution in [0.2, 0.25) is 0 Å². The molecule has 2 heteroatoms. The van der Waals surface area contributed by atoms with Crippen molar-refractivity contribution in [3.63, 3.8) is 0 Å².